The first kappa shape index (κ1) is 16.3. The predicted molar refractivity (Wildman–Crippen MR) is 88.8 cm³/mol. The van der Waals surface area contributed by atoms with E-state index in [4.69, 9.17) is 4.74 Å². The summed E-state index contributed by atoms with van der Waals surface area (Å²) in [6.45, 7) is 16.2. The van der Waals surface area contributed by atoms with Crippen LogP contribution in [0.1, 0.15) is 40.2 Å². The summed E-state index contributed by atoms with van der Waals surface area (Å²) in [5.41, 5.74) is 1.72. The zero-order valence-corrected chi connectivity index (χ0v) is 14.2. The van der Waals surface area contributed by atoms with E-state index < -0.39 is 0 Å². The first-order valence-corrected chi connectivity index (χ1v) is 7.93. The Kier molecular flexibility index (Phi) is 4.95. The maximum absolute atomic E-state index is 5.85. The summed E-state index contributed by atoms with van der Waals surface area (Å²) in [4.78, 5) is 2.51. The molecule has 0 radical (unpaired) electrons. The second-order valence-corrected chi connectivity index (χ2v) is 7.93. The summed E-state index contributed by atoms with van der Waals surface area (Å²) in [6.07, 6.45) is 0. The first-order chi connectivity index (χ1) is 9.75. The molecule has 0 bridgehead atoms. The summed E-state index contributed by atoms with van der Waals surface area (Å²) in [5.74, 6) is 1.05. The smallest absolute Gasteiger partial charge is 0.123 e. The lowest BCUT2D eigenvalue weighted by Gasteiger charge is -2.34. The van der Waals surface area contributed by atoms with Gasteiger partial charge in [-0.3, -0.25) is 4.90 Å². The van der Waals surface area contributed by atoms with Crippen molar-refractivity contribution in [2.45, 2.75) is 46.7 Å². The lowest BCUT2D eigenvalue weighted by Crippen LogP contribution is -2.46. The number of fused-ring (bicyclic) bond motifs is 1. The summed E-state index contributed by atoms with van der Waals surface area (Å²) < 4.78 is 5.85. The van der Waals surface area contributed by atoms with Crippen LogP contribution in [0.15, 0.2) is 24.3 Å². The molecule has 1 aliphatic heterocycles. The summed E-state index contributed by atoms with van der Waals surface area (Å²) in [5, 5.41) is 3.63. The first-order valence-electron chi connectivity index (χ1n) is 7.93. The molecule has 3 nitrogen and oxygen atoms in total. The third-order valence-corrected chi connectivity index (χ3v) is 3.78. The Labute approximate surface area is 129 Å². The molecule has 0 atom stereocenters. The molecular weight excluding hydrogens is 260 g/mol. The number of nitrogens with zero attached hydrogens (tertiary/aromatic N) is 1. The highest BCUT2D eigenvalue weighted by Gasteiger charge is 2.25. The van der Waals surface area contributed by atoms with Gasteiger partial charge < -0.3 is 10.1 Å². The number of rotatable bonds is 4. The Bertz CT molecular complexity index is 463. The highest BCUT2D eigenvalue weighted by molar-refractivity contribution is 5.33. The predicted octanol–water partition coefficient (Wildman–Crippen LogP) is 3.30. The van der Waals surface area contributed by atoms with E-state index in [9.17, 15) is 0 Å². The normalized spacial score (nSPS) is 17.0. The Morgan fingerprint density at radius 1 is 1.14 bits per heavy atom. The Morgan fingerprint density at radius 3 is 2.57 bits per heavy atom. The van der Waals surface area contributed by atoms with E-state index in [2.05, 4.69) is 63.0 Å². The average molecular weight is 290 g/mol. The van der Waals surface area contributed by atoms with Crippen molar-refractivity contribution in [3.05, 3.63) is 29.8 Å². The van der Waals surface area contributed by atoms with Crippen molar-refractivity contribution >= 4 is 0 Å². The molecule has 3 heteroatoms. The molecule has 0 saturated heterocycles. The van der Waals surface area contributed by atoms with Crippen LogP contribution in [0.2, 0.25) is 0 Å². The summed E-state index contributed by atoms with van der Waals surface area (Å²) in [7, 11) is 0. The van der Waals surface area contributed by atoms with Crippen molar-refractivity contribution in [3.8, 4) is 5.75 Å². The van der Waals surface area contributed by atoms with Gasteiger partial charge in [0.15, 0.2) is 0 Å². The van der Waals surface area contributed by atoms with Gasteiger partial charge in [0.2, 0.25) is 0 Å². The van der Waals surface area contributed by atoms with E-state index in [1.54, 1.807) is 0 Å². The van der Waals surface area contributed by atoms with Crippen LogP contribution in [0, 0.1) is 5.41 Å². The third kappa shape index (κ3) is 5.33. The molecule has 0 unspecified atom stereocenters. The molecule has 0 saturated carbocycles. The fourth-order valence-corrected chi connectivity index (χ4v) is 2.68. The van der Waals surface area contributed by atoms with Gasteiger partial charge in [0, 0.05) is 37.3 Å². The van der Waals surface area contributed by atoms with Crippen molar-refractivity contribution in [2.24, 2.45) is 5.41 Å². The molecule has 1 aromatic carbocycles. The van der Waals surface area contributed by atoms with Gasteiger partial charge >= 0.3 is 0 Å². The van der Waals surface area contributed by atoms with Gasteiger partial charge in [0.25, 0.3) is 0 Å². The SMILES string of the molecule is CC(C)(CNC(C)(C)C)CN1CCOc2ccccc2C1. The number of para-hydroxylation sites is 1. The number of benzene rings is 1. The van der Waals surface area contributed by atoms with Crippen LogP contribution >= 0.6 is 0 Å². The Hall–Kier alpha value is -1.06. The van der Waals surface area contributed by atoms with Crippen molar-refractivity contribution in [3.63, 3.8) is 0 Å². The van der Waals surface area contributed by atoms with Crippen molar-refractivity contribution < 1.29 is 4.74 Å². The fourth-order valence-electron chi connectivity index (χ4n) is 2.68. The van der Waals surface area contributed by atoms with E-state index in [1.165, 1.54) is 5.56 Å². The Morgan fingerprint density at radius 2 is 1.86 bits per heavy atom. The highest BCUT2D eigenvalue weighted by Crippen LogP contribution is 2.25. The maximum atomic E-state index is 5.85. The zero-order valence-electron chi connectivity index (χ0n) is 14.2. The zero-order chi connectivity index (χ0) is 15.5. The summed E-state index contributed by atoms with van der Waals surface area (Å²) >= 11 is 0. The van der Waals surface area contributed by atoms with E-state index in [-0.39, 0.29) is 11.0 Å². The molecule has 0 aromatic heterocycles. The molecule has 0 amide bonds. The average Bonchev–Trinajstić information content (AvgIpc) is 2.57. The van der Waals surface area contributed by atoms with Crippen LogP contribution in [0.4, 0.5) is 0 Å². The lowest BCUT2D eigenvalue weighted by molar-refractivity contribution is 0.149. The minimum absolute atomic E-state index is 0.172. The van der Waals surface area contributed by atoms with E-state index in [0.717, 1.165) is 38.5 Å². The largest absolute Gasteiger partial charge is 0.492 e. The highest BCUT2D eigenvalue weighted by atomic mass is 16.5. The van der Waals surface area contributed by atoms with E-state index >= 15 is 0 Å². The second kappa shape index (κ2) is 6.37. The number of hydrogen-bond donors (Lipinski definition) is 1. The topological polar surface area (TPSA) is 24.5 Å². The number of ether oxygens (including phenoxy) is 1. The molecule has 1 heterocycles. The minimum atomic E-state index is 0.172. The van der Waals surface area contributed by atoms with Crippen LogP contribution in [0.25, 0.3) is 0 Å². The quantitative estimate of drug-likeness (QED) is 0.921. The molecule has 2 rings (SSSR count). The molecule has 0 fully saturated rings. The standard InChI is InChI=1S/C18H30N2O/c1-17(2,3)19-13-18(4,5)14-20-10-11-21-16-9-7-6-8-15(16)12-20/h6-9,19H,10-14H2,1-5H3. The van der Waals surface area contributed by atoms with Crippen LogP contribution in [-0.2, 0) is 6.54 Å². The van der Waals surface area contributed by atoms with Gasteiger partial charge in [-0.05, 0) is 32.3 Å². The van der Waals surface area contributed by atoms with Crippen LogP contribution in [0.5, 0.6) is 5.75 Å². The Balaban J connectivity index is 1.96. The number of hydrogen-bond acceptors (Lipinski definition) is 3. The molecule has 118 valence electrons. The molecular formula is C18H30N2O. The molecule has 0 spiro atoms. The van der Waals surface area contributed by atoms with Crippen LogP contribution in [0.3, 0.4) is 0 Å². The van der Waals surface area contributed by atoms with E-state index in [0.29, 0.717) is 0 Å². The number of nitrogens with one attached hydrogen (secondary N) is 1. The van der Waals surface area contributed by atoms with Gasteiger partial charge in [-0.1, -0.05) is 32.0 Å². The fraction of sp³-hybridized carbons (Fsp3) is 0.667. The van der Waals surface area contributed by atoms with Gasteiger partial charge in [0.05, 0.1) is 0 Å². The van der Waals surface area contributed by atoms with Gasteiger partial charge in [-0.25, -0.2) is 0 Å². The monoisotopic (exact) mass is 290 g/mol. The second-order valence-electron chi connectivity index (χ2n) is 7.93. The molecule has 1 aromatic rings. The molecule has 21 heavy (non-hydrogen) atoms. The van der Waals surface area contributed by atoms with Gasteiger partial charge in [-0.15, -0.1) is 0 Å². The summed E-state index contributed by atoms with van der Waals surface area (Å²) in [6, 6.07) is 8.39. The molecule has 1 aliphatic rings. The van der Waals surface area contributed by atoms with Crippen molar-refractivity contribution in [1.29, 1.82) is 0 Å². The van der Waals surface area contributed by atoms with Crippen LogP contribution in [-0.4, -0.2) is 36.7 Å². The lowest BCUT2D eigenvalue weighted by atomic mass is 9.91. The molecule has 1 N–H and O–H groups in total. The van der Waals surface area contributed by atoms with Crippen molar-refractivity contribution in [1.82, 2.24) is 10.2 Å². The van der Waals surface area contributed by atoms with Gasteiger partial charge in [-0.2, -0.15) is 0 Å². The minimum Gasteiger partial charge on any atom is -0.492 e. The van der Waals surface area contributed by atoms with Crippen LogP contribution < -0.4 is 10.1 Å². The van der Waals surface area contributed by atoms with Gasteiger partial charge in [0.1, 0.15) is 12.4 Å². The van der Waals surface area contributed by atoms with Crippen molar-refractivity contribution in [2.75, 3.05) is 26.2 Å². The maximum Gasteiger partial charge on any atom is 0.123 e. The third-order valence-electron chi connectivity index (χ3n) is 3.78. The molecule has 0 aliphatic carbocycles. The van der Waals surface area contributed by atoms with E-state index in [1.807, 2.05) is 6.07 Å².